The molecule has 144 valence electrons. The first-order valence-electron chi connectivity index (χ1n) is 8.12. The van der Waals surface area contributed by atoms with Crippen LogP contribution in [0.4, 0.5) is 16.2 Å². The lowest BCUT2D eigenvalue weighted by Gasteiger charge is -2.12. The number of nitrogens with zero attached hydrogens (tertiary/aromatic N) is 1. The monoisotopic (exact) mass is 391 g/mol. The fourth-order valence-electron chi connectivity index (χ4n) is 2.11. The highest BCUT2D eigenvalue weighted by atomic mass is 32.2. The van der Waals surface area contributed by atoms with Crippen LogP contribution in [-0.4, -0.2) is 45.4 Å². The van der Waals surface area contributed by atoms with Gasteiger partial charge in [-0.3, -0.25) is 10.1 Å². The van der Waals surface area contributed by atoms with Crippen LogP contribution in [0.25, 0.3) is 0 Å². The van der Waals surface area contributed by atoms with Crippen molar-refractivity contribution in [2.24, 2.45) is 0 Å². The van der Waals surface area contributed by atoms with Crippen LogP contribution in [-0.2, 0) is 14.8 Å². The Labute approximate surface area is 158 Å². The number of carbonyl (C=O) groups excluding carboxylic acids is 2. The number of rotatable bonds is 6. The van der Waals surface area contributed by atoms with Crippen LogP contribution in [0.3, 0.4) is 0 Å². The van der Waals surface area contributed by atoms with E-state index >= 15 is 0 Å². The van der Waals surface area contributed by atoms with Gasteiger partial charge in [0, 0.05) is 31.0 Å². The molecule has 2 aromatic rings. The Hall–Kier alpha value is -2.91. The molecule has 0 aliphatic rings. The number of benzene rings is 2. The summed E-state index contributed by atoms with van der Waals surface area (Å²) < 4.78 is 30.0. The molecule has 2 N–H and O–H groups in total. The van der Waals surface area contributed by atoms with Crippen LogP contribution < -0.4 is 10.6 Å². The molecule has 0 saturated heterocycles. The van der Waals surface area contributed by atoms with Crippen LogP contribution in [0.15, 0.2) is 53.4 Å². The Morgan fingerprint density at radius 3 is 1.96 bits per heavy atom. The van der Waals surface area contributed by atoms with E-state index in [-0.39, 0.29) is 17.4 Å². The molecule has 0 heterocycles. The molecular formula is C18H21N3O5S. The first-order valence-corrected chi connectivity index (χ1v) is 9.56. The van der Waals surface area contributed by atoms with Crippen LogP contribution >= 0.6 is 0 Å². The van der Waals surface area contributed by atoms with Crippen molar-refractivity contribution in [3.8, 4) is 0 Å². The summed E-state index contributed by atoms with van der Waals surface area (Å²) in [6, 6.07) is 12.2. The molecule has 0 aromatic heterocycles. The minimum Gasteiger partial charge on any atom is -0.450 e. The van der Waals surface area contributed by atoms with E-state index in [1.165, 1.54) is 38.4 Å². The largest absolute Gasteiger partial charge is 0.450 e. The molecule has 0 aliphatic carbocycles. The zero-order chi connectivity index (χ0) is 20.0. The van der Waals surface area contributed by atoms with Crippen molar-refractivity contribution in [3.05, 3.63) is 54.1 Å². The summed E-state index contributed by atoms with van der Waals surface area (Å²) in [5.41, 5.74) is 1.35. The standard InChI is InChI=1S/C18H21N3O5S/c1-4-26-18(23)20-15-7-5-13(6-8-15)17(22)19-14-9-11-16(12-10-14)27(24,25)21(2)3/h5-12H,4H2,1-3H3,(H,19,22)(H,20,23). The summed E-state index contributed by atoms with van der Waals surface area (Å²) in [5.74, 6) is -0.360. The quantitative estimate of drug-likeness (QED) is 0.788. The minimum atomic E-state index is -3.52. The minimum absolute atomic E-state index is 0.139. The number of anilines is 2. The van der Waals surface area contributed by atoms with Gasteiger partial charge in [0.05, 0.1) is 11.5 Å². The van der Waals surface area contributed by atoms with Gasteiger partial charge in [0.1, 0.15) is 0 Å². The zero-order valence-corrected chi connectivity index (χ0v) is 16.0. The van der Waals surface area contributed by atoms with Crippen LogP contribution in [0.1, 0.15) is 17.3 Å². The van der Waals surface area contributed by atoms with Crippen molar-refractivity contribution < 1.29 is 22.7 Å². The number of hydrogen-bond acceptors (Lipinski definition) is 5. The molecule has 2 rings (SSSR count). The second-order valence-corrected chi connectivity index (χ2v) is 7.84. The van der Waals surface area contributed by atoms with E-state index in [2.05, 4.69) is 10.6 Å². The first kappa shape index (κ1) is 20.4. The average molecular weight is 391 g/mol. The third-order valence-electron chi connectivity index (χ3n) is 3.56. The summed E-state index contributed by atoms with van der Waals surface area (Å²) >= 11 is 0. The normalized spacial score (nSPS) is 11.1. The molecule has 27 heavy (non-hydrogen) atoms. The second-order valence-electron chi connectivity index (χ2n) is 5.69. The lowest BCUT2D eigenvalue weighted by molar-refractivity contribution is 0.102. The maximum Gasteiger partial charge on any atom is 0.411 e. The fraction of sp³-hybridized carbons (Fsp3) is 0.222. The van der Waals surface area contributed by atoms with E-state index < -0.39 is 16.1 Å². The van der Waals surface area contributed by atoms with E-state index in [4.69, 9.17) is 4.74 Å². The molecule has 9 heteroatoms. The van der Waals surface area contributed by atoms with Gasteiger partial charge in [0.25, 0.3) is 5.91 Å². The predicted molar refractivity (Wildman–Crippen MR) is 102 cm³/mol. The van der Waals surface area contributed by atoms with Gasteiger partial charge in [-0.15, -0.1) is 0 Å². The lowest BCUT2D eigenvalue weighted by atomic mass is 10.2. The maximum absolute atomic E-state index is 12.3. The van der Waals surface area contributed by atoms with Crippen LogP contribution in [0.5, 0.6) is 0 Å². The Kier molecular flexibility index (Phi) is 6.54. The molecule has 0 spiro atoms. The van der Waals surface area contributed by atoms with Gasteiger partial charge < -0.3 is 10.1 Å². The predicted octanol–water partition coefficient (Wildman–Crippen LogP) is 2.76. The molecule has 0 unspecified atom stereocenters. The summed E-state index contributed by atoms with van der Waals surface area (Å²) in [7, 11) is -0.618. The van der Waals surface area contributed by atoms with Crippen molar-refractivity contribution in [1.29, 1.82) is 0 Å². The van der Waals surface area contributed by atoms with Gasteiger partial charge in [-0.2, -0.15) is 0 Å². The highest BCUT2D eigenvalue weighted by Crippen LogP contribution is 2.18. The highest BCUT2D eigenvalue weighted by Gasteiger charge is 2.17. The molecule has 0 fully saturated rings. The SMILES string of the molecule is CCOC(=O)Nc1ccc(C(=O)Nc2ccc(S(=O)(=O)N(C)C)cc2)cc1. The van der Waals surface area contributed by atoms with E-state index in [9.17, 15) is 18.0 Å². The van der Waals surface area contributed by atoms with E-state index in [0.717, 1.165) is 4.31 Å². The van der Waals surface area contributed by atoms with E-state index in [1.54, 1.807) is 31.2 Å². The molecule has 0 atom stereocenters. The van der Waals surface area contributed by atoms with Gasteiger partial charge in [0.15, 0.2) is 0 Å². The average Bonchev–Trinajstić information content (AvgIpc) is 2.62. The number of ether oxygens (including phenoxy) is 1. The Bertz CT molecular complexity index is 907. The fourth-order valence-corrected chi connectivity index (χ4v) is 3.02. The molecule has 2 amide bonds. The van der Waals surface area contributed by atoms with Crippen molar-refractivity contribution in [1.82, 2.24) is 4.31 Å². The zero-order valence-electron chi connectivity index (χ0n) is 15.2. The molecule has 2 aromatic carbocycles. The van der Waals surface area contributed by atoms with Gasteiger partial charge in [-0.05, 0) is 55.5 Å². The van der Waals surface area contributed by atoms with E-state index in [0.29, 0.717) is 16.9 Å². The summed E-state index contributed by atoms with van der Waals surface area (Å²) in [6.07, 6.45) is -0.567. The van der Waals surface area contributed by atoms with Crippen molar-refractivity contribution in [2.75, 3.05) is 31.3 Å². The van der Waals surface area contributed by atoms with Crippen molar-refractivity contribution in [3.63, 3.8) is 0 Å². The van der Waals surface area contributed by atoms with Crippen LogP contribution in [0.2, 0.25) is 0 Å². The molecule has 0 aliphatic heterocycles. The van der Waals surface area contributed by atoms with Crippen LogP contribution in [0, 0.1) is 0 Å². The number of nitrogens with one attached hydrogen (secondary N) is 2. The number of carbonyl (C=O) groups is 2. The molecule has 8 nitrogen and oxygen atoms in total. The van der Waals surface area contributed by atoms with Gasteiger partial charge in [-0.1, -0.05) is 0 Å². The third-order valence-corrected chi connectivity index (χ3v) is 5.39. The Balaban J connectivity index is 2.04. The lowest BCUT2D eigenvalue weighted by Crippen LogP contribution is -2.22. The summed E-state index contributed by atoms with van der Waals surface area (Å²) in [6.45, 7) is 1.97. The third kappa shape index (κ3) is 5.28. The smallest absolute Gasteiger partial charge is 0.411 e. The Morgan fingerprint density at radius 1 is 0.926 bits per heavy atom. The number of amides is 2. The van der Waals surface area contributed by atoms with Gasteiger partial charge >= 0.3 is 6.09 Å². The molecular weight excluding hydrogens is 370 g/mol. The second kappa shape index (κ2) is 8.65. The number of sulfonamides is 1. The highest BCUT2D eigenvalue weighted by molar-refractivity contribution is 7.89. The number of hydrogen-bond donors (Lipinski definition) is 2. The van der Waals surface area contributed by atoms with Gasteiger partial charge in [-0.25, -0.2) is 17.5 Å². The Morgan fingerprint density at radius 2 is 1.44 bits per heavy atom. The van der Waals surface area contributed by atoms with Crippen molar-refractivity contribution in [2.45, 2.75) is 11.8 Å². The molecule has 0 saturated carbocycles. The first-order chi connectivity index (χ1) is 12.7. The maximum atomic E-state index is 12.3. The van der Waals surface area contributed by atoms with Crippen molar-refractivity contribution >= 4 is 33.4 Å². The molecule has 0 bridgehead atoms. The van der Waals surface area contributed by atoms with Gasteiger partial charge in [0.2, 0.25) is 10.0 Å². The topological polar surface area (TPSA) is 105 Å². The molecule has 0 radical (unpaired) electrons. The van der Waals surface area contributed by atoms with E-state index in [1.807, 2.05) is 0 Å². The summed E-state index contributed by atoms with van der Waals surface area (Å²) in [5, 5.41) is 5.22. The summed E-state index contributed by atoms with van der Waals surface area (Å²) in [4.78, 5) is 23.8.